The van der Waals surface area contributed by atoms with Crippen molar-refractivity contribution < 1.29 is 13.6 Å². The minimum absolute atomic E-state index is 0.0587. The van der Waals surface area contributed by atoms with Crippen LogP contribution in [0.4, 0.5) is 14.6 Å². The molecular weight excluding hydrogens is 350 g/mol. The zero-order valence-electron chi connectivity index (χ0n) is 15.6. The van der Waals surface area contributed by atoms with Gasteiger partial charge in [0.1, 0.15) is 5.82 Å². The van der Waals surface area contributed by atoms with Gasteiger partial charge in [-0.15, -0.1) is 0 Å². The topological polar surface area (TPSA) is 51.9 Å². The van der Waals surface area contributed by atoms with E-state index in [1.807, 2.05) is 20.8 Å². The van der Waals surface area contributed by atoms with E-state index in [1.165, 1.54) is 6.07 Å². The number of amides is 1. The van der Waals surface area contributed by atoms with E-state index in [2.05, 4.69) is 10.3 Å². The number of hydrogen-bond donors (Lipinski definition) is 1. The van der Waals surface area contributed by atoms with Crippen molar-refractivity contribution in [2.24, 2.45) is 5.41 Å². The van der Waals surface area contributed by atoms with E-state index < -0.39 is 11.6 Å². The third kappa shape index (κ3) is 3.34. The number of rotatable bonds is 4. The van der Waals surface area contributed by atoms with Gasteiger partial charge in [0, 0.05) is 24.9 Å². The van der Waals surface area contributed by atoms with Gasteiger partial charge in [-0.2, -0.15) is 0 Å². The molecule has 0 atom stereocenters. The largest absolute Gasteiger partial charge is 0.321 e. The minimum atomic E-state index is -0.714. The van der Waals surface area contributed by atoms with Crippen LogP contribution in [0, 0.1) is 17.0 Å². The summed E-state index contributed by atoms with van der Waals surface area (Å²) in [4.78, 5) is 16.4. The van der Waals surface area contributed by atoms with Gasteiger partial charge in [0.05, 0.1) is 22.9 Å². The van der Waals surface area contributed by atoms with Crippen LogP contribution < -0.4 is 5.32 Å². The molecule has 0 spiro atoms. The van der Waals surface area contributed by atoms with Gasteiger partial charge in [0.15, 0.2) is 11.6 Å². The van der Waals surface area contributed by atoms with E-state index in [4.69, 9.17) is 0 Å². The van der Waals surface area contributed by atoms with Crippen molar-refractivity contribution in [2.45, 2.75) is 46.1 Å². The number of nitrogens with one attached hydrogen (secondary N) is 1. The highest BCUT2D eigenvalue weighted by Gasteiger charge is 2.32. The second-order valence-corrected chi connectivity index (χ2v) is 8.34. The van der Waals surface area contributed by atoms with Gasteiger partial charge < -0.3 is 14.5 Å². The molecule has 2 aromatic heterocycles. The quantitative estimate of drug-likeness (QED) is 0.714. The van der Waals surface area contributed by atoms with Crippen LogP contribution in [-0.4, -0.2) is 20.0 Å². The summed E-state index contributed by atoms with van der Waals surface area (Å²) < 4.78 is 33.3. The molecule has 1 amide bonds. The number of anilines is 1. The number of carbonyl (C=O) groups excluding carboxylic acids is 1. The second kappa shape index (κ2) is 6.18. The third-order valence-corrected chi connectivity index (χ3v) is 4.65. The molecule has 4 rings (SSSR count). The molecular formula is C20H22F2N4O. The summed E-state index contributed by atoms with van der Waals surface area (Å²) in [6.45, 7) is 5.82. The van der Waals surface area contributed by atoms with Crippen molar-refractivity contribution in [3.63, 3.8) is 0 Å². The van der Waals surface area contributed by atoms with Gasteiger partial charge in [-0.25, -0.2) is 13.8 Å². The minimum Gasteiger partial charge on any atom is -0.321 e. The van der Waals surface area contributed by atoms with Crippen LogP contribution in [0.5, 0.6) is 0 Å². The van der Waals surface area contributed by atoms with E-state index in [0.29, 0.717) is 11.2 Å². The zero-order chi connectivity index (χ0) is 19.3. The van der Waals surface area contributed by atoms with Crippen LogP contribution in [0.2, 0.25) is 0 Å². The number of imidazole rings is 1. The predicted molar refractivity (Wildman–Crippen MR) is 99.9 cm³/mol. The molecule has 2 heterocycles. The van der Waals surface area contributed by atoms with Crippen molar-refractivity contribution in [2.75, 3.05) is 5.32 Å². The molecule has 0 bridgehead atoms. The summed E-state index contributed by atoms with van der Waals surface area (Å²) in [6.07, 6.45) is 6.87. The average Bonchev–Trinajstić information content (AvgIpc) is 3.15. The molecule has 1 fully saturated rings. The summed E-state index contributed by atoms with van der Waals surface area (Å²) in [6, 6.07) is 3.09. The van der Waals surface area contributed by atoms with Crippen molar-refractivity contribution >= 4 is 22.6 Å². The highest BCUT2D eigenvalue weighted by molar-refractivity contribution is 5.96. The maximum absolute atomic E-state index is 15.1. The Bertz CT molecular complexity index is 1010. The lowest BCUT2D eigenvalue weighted by molar-refractivity contribution is -0.117. The zero-order valence-corrected chi connectivity index (χ0v) is 15.6. The summed E-state index contributed by atoms with van der Waals surface area (Å²) in [5.41, 5.74) is 0.783. The lowest BCUT2D eigenvalue weighted by Gasteiger charge is -2.18. The number of hydrogen-bond acceptors (Lipinski definition) is 2. The highest BCUT2D eigenvalue weighted by atomic mass is 19.1. The molecule has 0 saturated heterocycles. The Balaban J connectivity index is 1.84. The first kappa shape index (κ1) is 17.7. The Morgan fingerprint density at radius 3 is 2.63 bits per heavy atom. The van der Waals surface area contributed by atoms with Gasteiger partial charge in [0.25, 0.3) is 0 Å². The fraction of sp³-hybridized carbons (Fsp3) is 0.400. The van der Waals surface area contributed by atoms with Gasteiger partial charge in [0.2, 0.25) is 5.91 Å². The van der Waals surface area contributed by atoms with Crippen LogP contribution in [0.3, 0.4) is 0 Å². The first-order valence-corrected chi connectivity index (χ1v) is 9.06. The van der Waals surface area contributed by atoms with Crippen LogP contribution in [0.25, 0.3) is 16.6 Å². The fourth-order valence-electron chi connectivity index (χ4n) is 3.38. The molecule has 27 heavy (non-hydrogen) atoms. The number of aromatic nitrogens is 3. The standard InChI is InChI=1S/C20H22F2N4O/c1-20(2,3)10-16(27)24-19-18(22)17-14(21)8-13(25-7-6-23-11-25)9-15(17)26(19)12-4-5-12/h6-9,11-12H,4-5,10H2,1-3H3,(H,24,27). The van der Waals surface area contributed by atoms with Gasteiger partial charge in [-0.3, -0.25) is 4.79 Å². The molecule has 0 aliphatic heterocycles. The molecule has 7 heteroatoms. The summed E-state index contributed by atoms with van der Waals surface area (Å²) in [5, 5.41) is 2.60. The Labute approximate surface area is 156 Å². The van der Waals surface area contributed by atoms with E-state index in [1.54, 1.807) is 33.9 Å². The van der Waals surface area contributed by atoms with Crippen LogP contribution in [0.1, 0.15) is 46.1 Å². The summed E-state index contributed by atoms with van der Waals surface area (Å²) in [7, 11) is 0. The lowest BCUT2D eigenvalue weighted by Crippen LogP contribution is -2.21. The predicted octanol–water partition coefficient (Wildman–Crippen LogP) is 4.81. The summed E-state index contributed by atoms with van der Waals surface area (Å²) in [5.74, 6) is -1.59. The molecule has 1 saturated carbocycles. The molecule has 1 aromatic carbocycles. The van der Waals surface area contributed by atoms with E-state index in [9.17, 15) is 9.18 Å². The fourth-order valence-corrected chi connectivity index (χ4v) is 3.38. The Hall–Kier alpha value is -2.70. The van der Waals surface area contributed by atoms with Gasteiger partial charge in [-0.1, -0.05) is 20.8 Å². The number of fused-ring (bicyclic) bond motifs is 1. The van der Waals surface area contributed by atoms with Gasteiger partial charge in [-0.05, 0) is 30.4 Å². The van der Waals surface area contributed by atoms with Crippen molar-refractivity contribution in [1.82, 2.24) is 14.1 Å². The second-order valence-electron chi connectivity index (χ2n) is 8.34. The van der Waals surface area contributed by atoms with E-state index >= 15 is 4.39 Å². The molecule has 142 valence electrons. The smallest absolute Gasteiger partial charge is 0.226 e. The van der Waals surface area contributed by atoms with Crippen molar-refractivity contribution in [1.29, 1.82) is 0 Å². The summed E-state index contributed by atoms with van der Waals surface area (Å²) >= 11 is 0. The molecule has 0 radical (unpaired) electrons. The Morgan fingerprint density at radius 1 is 1.30 bits per heavy atom. The number of carbonyl (C=O) groups is 1. The van der Waals surface area contributed by atoms with Crippen LogP contribution in [-0.2, 0) is 4.79 Å². The average molecular weight is 372 g/mol. The monoisotopic (exact) mass is 372 g/mol. The number of halogens is 2. The van der Waals surface area contributed by atoms with E-state index in [-0.39, 0.29) is 35.0 Å². The van der Waals surface area contributed by atoms with Crippen LogP contribution >= 0.6 is 0 Å². The van der Waals surface area contributed by atoms with Crippen molar-refractivity contribution in [3.8, 4) is 5.69 Å². The first-order chi connectivity index (χ1) is 12.7. The lowest BCUT2D eigenvalue weighted by atomic mass is 9.92. The molecule has 5 nitrogen and oxygen atoms in total. The highest BCUT2D eigenvalue weighted by Crippen LogP contribution is 2.44. The maximum atomic E-state index is 15.1. The number of nitrogens with zero attached hydrogens (tertiary/aromatic N) is 3. The molecule has 3 aromatic rings. The molecule has 1 N–H and O–H groups in total. The molecule has 1 aliphatic carbocycles. The molecule has 1 aliphatic rings. The third-order valence-electron chi connectivity index (χ3n) is 4.65. The Morgan fingerprint density at radius 2 is 2.04 bits per heavy atom. The maximum Gasteiger partial charge on any atom is 0.226 e. The molecule has 0 unspecified atom stereocenters. The van der Waals surface area contributed by atoms with Gasteiger partial charge >= 0.3 is 0 Å². The van der Waals surface area contributed by atoms with Crippen LogP contribution in [0.15, 0.2) is 30.9 Å². The number of benzene rings is 1. The SMILES string of the molecule is CC(C)(C)CC(=O)Nc1c(F)c2c(F)cc(-n3ccnc3)cc2n1C1CC1. The van der Waals surface area contributed by atoms with Crippen molar-refractivity contribution in [3.05, 3.63) is 42.5 Å². The normalized spacial score (nSPS) is 14.7. The van der Waals surface area contributed by atoms with E-state index in [0.717, 1.165) is 12.8 Å². The first-order valence-electron chi connectivity index (χ1n) is 9.06. The Kier molecular flexibility index (Phi) is 4.05.